The zero-order chi connectivity index (χ0) is 19.5. The van der Waals surface area contributed by atoms with Gasteiger partial charge in [0.2, 0.25) is 10.0 Å². The minimum atomic E-state index is -3.78. The van der Waals surface area contributed by atoms with Crippen molar-refractivity contribution in [3.8, 4) is 0 Å². The number of carbonyl (C=O) groups is 1. The minimum absolute atomic E-state index is 0.127. The molecule has 2 atom stereocenters. The first-order valence-corrected chi connectivity index (χ1v) is 10.9. The molecule has 0 saturated carbocycles. The van der Waals surface area contributed by atoms with E-state index in [4.69, 9.17) is 4.74 Å². The average Bonchev–Trinajstić information content (AvgIpc) is 2.55. The van der Waals surface area contributed by atoms with E-state index in [1.165, 1.54) is 6.07 Å². The Kier molecular flexibility index (Phi) is 6.68. The first-order valence-electron chi connectivity index (χ1n) is 8.31. The topological polar surface area (TPSA) is 75.7 Å². The molecule has 9 heteroatoms. The molecule has 0 bridgehead atoms. The highest BCUT2D eigenvalue weighted by Crippen LogP contribution is 2.24. The van der Waals surface area contributed by atoms with E-state index in [-0.39, 0.29) is 24.4 Å². The van der Waals surface area contributed by atoms with Crippen LogP contribution in [0.4, 0.5) is 9.18 Å². The molecule has 1 heterocycles. The number of hydrogen-bond acceptors (Lipinski definition) is 4. The van der Waals surface area contributed by atoms with Gasteiger partial charge in [0.05, 0.1) is 10.9 Å². The van der Waals surface area contributed by atoms with Gasteiger partial charge in [-0.1, -0.05) is 28.1 Å². The largest absolute Gasteiger partial charge is 0.444 e. The highest BCUT2D eigenvalue weighted by atomic mass is 79.9. The summed E-state index contributed by atoms with van der Waals surface area (Å²) in [5.41, 5.74) is 0.143. The lowest BCUT2D eigenvalue weighted by Gasteiger charge is -2.34. The number of benzene rings is 1. The normalized spacial score (nSPS) is 22.0. The van der Waals surface area contributed by atoms with Gasteiger partial charge in [-0.3, -0.25) is 0 Å². The standard InChI is InChI=1S/C17H24BrFN2O4S/c1-17(2,3)25-16(22)20-15-7-8-21(11-14(15)19)26(23,24)13-6-4-5-12(9-13)10-18/h4-6,9,14-15H,7-8,10-11H2,1-3H3,(H,20,22)/t14-,15+/m1/s1. The van der Waals surface area contributed by atoms with Gasteiger partial charge in [0.15, 0.2) is 0 Å². The number of ether oxygens (including phenoxy) is 1. The summed E-state index contributed by atoms with van der Waals surface area (Å²) in [7, 11) is -3.78. The maximum absolute atomic E-state index is 14.5. The molecule has 1 amide bonds. The number of nitrogens with one attached hydrogen (secondary N) is 1. The van der Waals surface area contributed by atoms with E-state index in [2.05, 4.69) is 21.2 Å². The molecule has 1 aliphatic heterocycles. The molecule has 0 aromatic heterocycles. The van der Waals surface area contributed by atoms with Crippen molar-refractivity contribution in [3.05, 3.63) is 29.8 Å². The SMILES string of the molecule is CC(C)(C)OC(=O)N[C@H]1CCN(S(=O)(=O)c2cccc(CBr)c2)C[C@H]1F. The molecule has 0 unspecified atom stereocenters. The van der Waals surface area contributed by atoms with Crippen molar-refractivity contribution in [2.45, 2.75) is 55.2 Å². The van der Waals surface area contributed by atoms with Crippen LogP contribution in [0.25, 0.3) is 0 Å². The van der Waals surface area contributed by atoms with E-state index < -0.39 is 33.9 Å². The van der Waals surface area contributed by atoms with Crippen LogP contribution in [0.5, 0.6) is 0 Å². The molecule has 1 N–H and O–H groups in total. The Bertz CT molecular complexity index is 751. The highest BCUT2D eigenvalue weighted by molar-refractivity contribution is 9.08. The fourth-order valence-corrected chi connectivity index (χ4v) is 4.54. The smallest absolute Gasteiger partial charge is 0.407 e. The van der Waals surface area contributed by atoms with Crippen molar-refractivity contribution >= 4 is 32.0 Å². The van der Waals surface area contributed by atoms with Crippen molar-refractivity contribution in [2.75, 3.05) is 13.1 Å². The van der Waals surface area contributed by atoms with Crippen molar-refractivity contribution in [1.29, 1.82) is 0 Å². The van der Waals surface area contributed by atoms with Crippen LogP contribution in [0.2, 0.25) is 0 Å². The molecule has 6 nitrogen and oxygen atoms in total. The second-order valence-corrected chi connectivity index (χ2v) is 9.70. The summed E-state index contributed by atoms with van der Waals surface area (Å²) >= 11 is 3.29. The summed E-state index contributed by atoms with van der Waals surface area (Å²) in [6.45, 7) is 4.98. The number of halogens is 2. The number of nitrogens with zero attached hydrogens (tertiary/aromatic N) is 1. The number of sulfonamides is 1. The van der Waals surface area contributed by atoms with Crippen LogP contribution in [0.3, 0.4) is 0 Å². The Hall–Kier alpha value is -1.19. The number of hydrogen-bond donors (Lipinski definition) is 1. The lowest BCUT2D eigenvalue weighted by atomic mass is 10.1. The molecule has 1 fully saturated rings. The molecule has 2 rings (SSSR count). The molecule has 1 aliphatic rings. The van der Waals surface area contributed by atoms with Gasteiger partial charge >= 0.3 is 6.09 Å². The Morgan fingerprint density at radius 1 is 1.42 bits per heavy atom. The van der Waals surface area contributed by atoms with Gasteiger partial charge in [-0.15, -0.1) is 0 Å². The quantitative estimate of drug-likeness (QED) is 0.714. The molecule has 146 valence electrons. The Labute approximate surface area is 162 Å². The number of carbonyl (C=O) groups excluding carboxylic acids is 1. The zero-order valence-corrected chi connectivity index (χ0v) is 17.4. The van der Waals surface area contributed by atoms with E-state index in [1.807, 2.05) is 6.07 Å². The molecule has 1 aromatic rings. The van der Waals surface area contributed by atoms with Crippen molar-refractivity contribution < 1.29 is 22.3 Å². The van der Waals surface area contributed by atoms with Crippen LogP contribution >= 0.6 is 15.9 Å². The lowest BCUT2D eigenvalue weighted by molar-refractivity contribution is 0.0438. The lowest BCUT2D eigenvalue weighted by Crippen LogP contribution is -2.54. The van der Waals surface area contributed by atoms with Crippen molar-refractivity contribution in [1.82, 2.24) is 9.62 Å². The Balaban J connectivity index is 2.04. The van der Waals surface area contributed by atoms with Crippen LogP contribution in [0.15, 0.2) is 29.2 Å². The maximum atomic E-state index is 14.5. The number of amides is 1. The molecule has 0 spiro atoms. The summed E-state index contributed by atoms with van der Waals surface area (Å²) in [5.74, 6) is 0. The second-order valence-electron chi connectivity index (χ2n) is 7.20. The van der Waals surface area contributed by atoms with E-state index in [0.717, 1.165) is 9.87 Å². The van der Waals surface area contributed by atoms with Gasteiger partial charge < -0.3 is 10.1 Å². The summed E-state index contributed by atoms with van der Waals surface area (Å²) in [4.78, 5) is 11.9. The number of piperidine rings is 1. The second kappa shape index (κ2) is 8.22. The predicted octanol–water partition coefficient (Wildman–Crippen LogP) is 3.21. The van der Waals surface area contributed by atoms with E-state index in [1.54, 1.807) is 32.9 Å². The highest BCUT2D eigenvalue weighted by Gasteiger charge is 2.37. The first kappa shape index (κ1) is 21.1. The summed E-state index contributed by atoms with van der Waals surface area (Å²) in [5, 5.41) is 3.02. The first-order chi connectivity index (χ1) is 12.0. The monoisotopic (exact) mass is 450 g/mol. The number of alkyl carbamates (subject to hydrolysis) is 1. The predicted molar refractivity (Wildman–Crippen MR) is 101 cm³/mol. The maximum Gasteiger partial charge on any atom is 0.407 e. The Morgan fingerprint density at radius 2 is 2.12 bits per heavy atom. The van der Waals surface area contributed by atoms with Crippen LogP contribution in [-0.2, 0) is 20.1 Å². The third kappa shape index (κ3) is 5.40. The van der Waals surface area contributed by atoms with Crippen LogP contribution in [0, 0.1) is 0 Å². The Morgan fingerprint density at radius 3 is 2.69 bits per heavy atom. The molecule has 1 saturated heterocycles. The van der Waals surface area contributed by atoms with Crippen LogP contribution in [0.1, 0.15) is 32.8 Å². The van der Waals surface area contributed by atoms with E-state index in [9.17, 15) is 17.6 Å². The summed E-state index contributed by atoms with van der Waals surface area (Å²) < 4.78 is 46.2. The summed E-state index contributed by atoms with van der Waals surface area (Å²) in [6, 6.07) is 5.77. The molecule has 26 heavy (non-hydrogen) atoms. The molecule has 1 aromatic carbocycles. The zero-order valence-electron chi connectivity index (χ0n) is 15.0. The minimum Gasteiger partial charge on any atom is -0.444 e. The third-order valence-electron chi connectivity index (χ3n) is 3.90. The molecular weight excluding hydrogens is 427 g/mol. The van der Waals surface area contributed by atoms with Gasteiger partial charge in [0, 0.05) is 18.4 Å². The molecule has 0 radical (unpaired) electrons. The summed E-state index contributed by atoms with van der Waals surface area (Å²) in [6.07, 6.45) is -2.03. The van der Waals surface area contributed by atoms with Gasteiger partial charge in [-0.05, 0) is 44.9 Å². The fourth-order valence-electron chi connectivity index (χ4n) is 2.65. The van der Waals surface area contributed by atoms with Gasteiger partial charge in [-0.25, -0.2) is 17.6 Å². The average molecular weight is 451 g/mol. The van der Waals surface area contributed by atoms with E-state index in [0.29, 0.717) is 5.33 Å². The van der Waals surface area contributed by atoms with Crippen molar-refractivity contribution in [2.24, 2.45) is 0 Å². The van der Waals surface area contributed by atoms with Gasteiger partial charge in [-0.2, -0.15) is 4.31 Å². The van der Waals surface area contributed by atoms with Gasteiger partial charge in [0.1, 0.15) is 11.8 Å². The van der Waals surface area contributed by atoms with Gasteiger partial charge in [0.25, 0.3) is 0 Å². The van der Waals surface area contributed by atoms with Crippen molar-refractivity contribution in [3.63, 3.8) is 0 Å². The third-order valence-corrected chi connectivity index (χ3v) is 6.41. The number of rotatable bonds is 4. The van der Waals surface area contributed by atoms with Crippen LogP contribution < -0.4 is 5.32 Å². The van der Waals surface area contributed by atoms with Crippen LogP contribution in [-0.4, -0.2) is 49.7 Å². The molecular formula is C17H24BrFN2O4S. The molecule has 0 aliphatic carbocycles. The van der Waals surface area contributed by atoms with E-state index >= 15 is 0 Å². The fraction of sp³-hybridized carbons (Fsp3) is 0.588. The number of alkyl halides is 2.